The summed E-state index contributed by atoms with van der Waals surface area (Å²) >= 11 is 1.64. The van der Waals surface area contributed by atoms with Gasteiger partial charge in [0.25, 0.3) is 5.91 Å². The highest BCUT2D eigenvalue weighted by molar-refractivity contribution is 7.18. The van der Waals surface area contributed by atoms with E-state index in [-0.39, 0.29) is 5.56 Å². The third kappa shape index (κ3) is 3.88. The quantitative estimate of drug-likeness (QED) is 0.653. The molecule has 0 unspecified atom stereocenters. The number of thiazole rings is 1. The number of amides is 1. The second-order valence-electron chi connectivity index (χ2n) is 6.69. The van der Waals surface area contributed by atoms with Crippen LogP contribution in [0.25, 0.3) is 10.2 Å². The van der Waals surface area contributed by atoms with E-state index < -0.39 is 17.6 Å². The molecule has 1 aliphatic heterocycles. The summed E-state index contributed by atoms with van der Waals surface area (Å²) < 4.78 is 40.7. The molecule has 2 aromatic carbocycles. The van der Waals surface area contributed by atoms with Crippen LogP contribution < -0.4 is 0 Å². The van der Waals surface area contributed by atoms with Gasteiger partial charge >= 0.3 is 6.18 Å². The summed E-state index contributed by atoms with van der Waals surface area (Å²) in [5, 5.41) is 1.00. The number of alkyl halides is 3. The van der Waals surface area contributed by atoms with Crippen LogP contribution in [0.5, 0.6) is 0 Å². The van der Waals surface area contributed by atoms with E-state index in [1.165, 1.54) is 23.1 Å². The maximum Gasteiger partial charge on any atom is 0.417 e. The van der Waals surface area contributed by atoms with E-state index in [9.17, 15) is 18.0 Å². The minimum atomic E-state index is -4.54. The zero-order chi connectivity index (χ0) is 19.7. The van der Waals surface area contributed by atoms with Crippen LogP contribution in [0.3, 0.4) is 0 Å². The normalized spacial score (nSPS) is 15.9. The lowest BCUT2D eigenvalue weighted by Gasteiger charge is -2.34. The topological polar surface area (TPSA) is 36.4 Å². The number of benzene rings is 2. The van der Waals surface area contributed by atoms with E-state index in [4.69, 9.17) is 0 Å². The van der Waals surface area contributed by atoms with Crippen molar-refractivity contribution in [1.29, 1.82) is 0 Å². The van der Waals surface area contributed by atoms with Crippen LogP contribution in [0.4, 0.5) is 13.2 Å². The predicted molar refractivity (Wildman–Crippen MR) is 102 cm³/mol. The lowest BCUT2D eigenvalue weighted by molar-refractivity contribution is -0.138. The predicted octanol–water partition coefficient (Wildman–Crippen LogP) is 4.27. The Morgan fingerprint density at radius 1 is 1.00 bits per heavy atom. The van der Waals surface area contributed by atoms with E-state index >= 15 is 0 Å². The van der Waals surface area contributed by atoms with Crippen molar-refractivity contribution in [1.82, 2.24) is 14.8 Å². The number of para-hydroxylation sites is 1. The Labute approximate surface area is 164 Å². The molecule has 1 fully saturated rings. The number of hydrogen-bond donors (Lipinski definition) is 0. The fraction of sp³-hybridized carbons (Fsp3) is 0.300. The molecule has 4 rings (SSSR count). The molecule has 4 nitrogen and oxygen atoms in total. The molecule has 2 heterocycles. The highest BCUT2D eigenvalue weighted by Gasteiger charge is 2.36. The number of carbonyl (C=O) groups excluding carboxylic acids is 1. The molecule has 0 radical (unpaired) electrons. The summed E-state index contributed by atoms with van der Waals surface area (Å²) in [6.45, 7) is 2.69. The van der Waals surface area contributed by atoms with Crippen molar-refractivity contribution in [2.75, 3.05) is 26.2 Å². The van der Waals surface area contributed by atoms with E-state index in [1.807, 2.05) is 24.3 Å². The average Bonchev–Trinajstić information content (AvgIpc) is 3.09. The third-order valence-electron chi connectivity index (χ3n) is 4.82. The van der Waals surface area contributed by atoms with Crippen LogP contribution in [-0.2, 0) is 12.7 Å². The van der Waals surface area contributed by atoms with Crippen molar-refractivity contribution in [2.24, 2.45) is 0 Å². The van der Waals surface area contributed by atoms with Crippen LogP contribution in [0.2, 0.25) is 0 Å². The van der Waals surface area contributed by atoms with Crippen LogP contribution >= 0.6 is 11.3 Å². The Kier molecular flexibility index (Phi) is 5.07. The summed E-state index contributed by atoms with van der Waals surface area (Å²) in [7, 11) is 0. The molecule has 1 saturated heterocycles. The molecule has 0 saturated carbocycles. The summed E-state index contributed by atoms with van der Waals surface area (Å²) in [4.78, 5) is 20.9. The number of nitrogens with zero attached hydrogens (tertiary/aromatic N) is 3. The lowest BCUT2D eigenvalue weighted by atomic mass is 10.1. The largest absolute Gasteiger partial charge is 0.417 e. The van der Waals surface area contributed by atoms with Gasteiger partial charge in [-0.05, 0) is 24.3 Å². The first-order valence-corrected chi connectivity index (χ1v) is 9.76. The standard InChI is InChI=1S/C20H18F3N3OS/c21-20(22,23)15-6-2-1-5-14(15)19(27)26-11-9-25(10-12-26)13-18-24-16-7-3-4-8-17(16)28-18/h1-8H,9-13H2. The lowest BCUT2D eigenvalue weighted by Crippen LogP contribution is -2.48. The summed E-state index contributed by atoms with van der Waals surface area (Å²) in [5.41, 5.74) is -0.188. The molecule has 8 heteroatoms. The Bertz CT molecular complexity index is 961. The van der Waals surface area contributed by atoms with Crippen LogP contribution in [0.15, 0.2) is 48.5 Å². The number of rotatable bonds is 3. The van der Waals surface area contributed by atoms with E-state index in [0.717, 1.165) is 21.3 Å². The van der Waals surface area contributed by atoms with Gasteiger partial charge in [0, 0.05) is 26.2 Å². The fourth-order valence-corrected chi connectivity index (χ4v) is 4.38. The first kappa shape index (κ1) is 18.9. The van der Waals surface area contributed by atoms with Crippen molar-refractivity contribution in [3.8, 4) is 0 Å². The summed E-state index contributed by atoms with van der Waals surface area (Å²) in [5.74, 6) is -0.562. The average molecular weight is 405 g/mol. The van der Waals surface area contributed by atoms with E-state index in [0.29, 0.717) is 32.7 Å². The maximum absolute atomic E-state index is 13.2. The number of carbonyl (C=O) groups is 1. The molecule has 1 aliphatic rings. The summed E-state index contributed by atoms with van der Waals surface area (Å²) in [6.07, 6.45) is -4.54. The van der Waals surface area contributed by atoms with Crippen molar-refractivity contribution in [3.05, 3.63) is 64.7 Å². The van der Waals surface area contributed by atoms with Crippen molar-refractivity contribution in [2.45, 2.75) is 12.7 Å². The number of piperazine rings is 1. The Hall–Kier alpha value is -2.45. The molecule has 1 aromatic heterocycles. The molecule has 0 N–H and O–H groups in total. The first-order chi connectivity index (χ1) is 13.4. The van der Waals surface area contributed by atoms with Gasteiger partial charge in [-0.1, -0.05) is 24.3 Å². The van der Waals surface area contributed by atoms with Crippen molar-refractivity contribution >= 4 is 27.5 Å². The van der Waals surface area contributed by atoms with Gasteiger partial charge in [0.05, 0.1) is 27.9 Å². The number of fused-ring (bicyclic) bond motifs is 1. The van der Waals surface area contributed by atoms with Gasteiger partial charge in [-0.3, -0.25) is 9.69 Å². The van der Waals surface area contributed by atoms with Gasteiger partial charge in [-0.25, -0.2) is 4.98 Å². The molecular weight excluding hydrogens is 387 g/mol. The number of halogens is 3. The van der Waals surface area contributed by atoms with Crippen molar-refractivity contribution in [3.63, 3.8) is 0 Å². The number of hydrogen-bond acceptors (Lipinski definition) is 4. The molecule has 146 valence electrons. The third-order valence-corrected chi connectivity index (χ3v) is 5.84. The van der Waals surface area contributed by atoms with Crippen LogP contribution in [0.1, 0.15) is 20.9 Å². The second kappa shape index (κ2) is 7.52. The van der Waals surface area contributed by atoms with Crippen molar-refractivity contribution < 1.29 is 18.0 Å². The Morgan fingerprint density at radius 2 is 1.68 bits per heavy atom. The molecule has 0 aliphatic carbocycles. The second-order valence-corrected chi connectivity index (χ2v) is 7.80. The Morgan fingerprint density at radius 3 is 2.39 bits per heavy atom. The van der Waals surface area contributed by atoms with Gasteiger partial charge in [-0.15, -0.1) is 11.3 Å². The molecular formula is C20H18F3N3OS. The van der Waals surface area contributed by atoms with Gasteiger partial charge < -0.3 is 4.90 Å². The molecule has 28 heavy (non-hydrogen) atoms. The van der Waals surface area contributed by atoms with Gasteiger partial charge in [0.1, 0.15) is 5.01 Å². The summed E-state index contributed by atoms with van der Waals surface area (Å²) in [6, 6.07) is 12.9. The molecule has 3 aromatic rings. The SMILES string of the molecule is O=C(c1ccccc1C(F)(F)F)N1CCN(Cc2nc3ccccc3s2)CC1. The van der Waals surface area contributed by atoms with Gasteiger partial charge in [0.2, 0.25) is 0 Å². The zero-order valence-electron chi connectivity index (χ0n) is 14.9. The van der Waals surface area contributed by atoms with E-state index in [2.05, 4.69) is 9.88 Å². The maximum atomic E-state index is 13.2. The molecule has 0 bridgehead atoms. The minimum Gasteiger partial charge on any atom is -0.336 e. The van der Waals surface area contributed by atoms with Gasteiger partial charge in [0.15, 0.2) is 0 Å². The molecule has 0 atom stereocenters. The first-order valence-electron chi connectivity index (χ1n) is 8.94. The highest BCUT2D eigenvalue weighted by atomic mass is 32.1. The van der Waals surface area contributed by atoms with Crippen LogP contribution in [0, 0.1) is 0 Å². The molecule has 0 spiro atoms. The zero-order valence-corrected chi connectivity index (χ0v) is 15.8. The molecule has 1 amide bonds. The number of aromatic nitrogens is 1. The van der Waals surface area contributed by atoms with E-state index in [1.54, 1.807) is 11.3 Å². The minimum absolute atomic E-state index is 0.283. The Balaban J connectivity index is 1.41. The smallest absolute Gasteiger partial charge is 0.336 e. The highest BCUT2D eigenvalue weighted by Crippen LogP contribution is 2.32. The van der Waals surface area contributed by atoms with Crippen LogP contribution in [-0.4, -0.2) is 46.9 Å². The monoisotopic (exact) mass is 405 g/mol. The fourth-order valence-electron chi connectivity index (χ4n) is 3.38. The van der Waals surface area contributed by atoms with Gasteiger partial charge in [-0.2, -0.15) is 13.2 Å².